The van der Waals surface area contributed by atoms with Crippen LogP contribution >= 0.6 is 23.2 Å². The minimum Gasteiger partial charge on any atom is -0.493 e. The van der Waals surface area contributed by atoms with E-state index in [-0.39, 0.29) is 30.3 Å². The second-order valence-electron chi connectivity index (χ2n) is 10.4. The normalized spacial score (nSPS) is 22.1. The Morgan fingerprint density at radius 2 is 1.34 bits per heavy atom. The van der Waals surface area contributed by atoms with Gasteiger partial charge in [0.05, 0.1) is 30.2 Å². The van der Waals surface area contributed by atoms with E-state index in [0.29, 0.717) is 27.1 Å². The molecular formula is C33H24Cl2N2O4. The van der Waals surface area contributed by atoms with E-state index < -0.39 is 11.8 Å². The first kappa shape index (κ1) is 25.8. The molecule has 8 heteroatoms. The molecule has 1 saturated heterocycles. The molecule has 41 heavy (non-hydrogen) atoms. The van der Waals surface area contributed by atoms with Gasteiger partial charge in [-0.15, -0.1) is 0 Å². The van der Waals surface area contributed by atoms with E-state index in [1.165, 1.54) is 13.3 Å². The molecule has 1 heterocycles. The van der Waals surface area contributed by atoms with Crippen LogP contribution in [0.3, 0.4) is 0 Å². The van der Waals surface area contributed by atoms with Crippen molar-refractivity contribution in [1.82, 2.24) is 5.01 Å². The molecule has 2 atom stereocenters. The van der Waals surface area contributed by atoms with E-state index in [1.807, 2.05) is 36.4 Å². The molecule has 2 bridgehead atoms. The average Bonchev–Trinajstić information content (AvgIpc) is 3.25. The zero-order valence-electron chi connectivity index (χ0n) is 22.0. The molecule has 4 aromatic carbocycles. The first-order valence-electron chi connectivity index (χ1n) is 13.3. The van der Waals surface area contributed by atoms with Gasteiger partial charge in [0.25, 0.3) is 11.8 Å². The maximum atomic E-state index is 13.8. The van der Waals surface area contributed by atoms with Crippen molar-refractivity contribution >= 4 is 41.2 Å². The highest BCUT2D eigenvalue weighted by atomic mass is 35.5. The summed E-state index contributed by atoms with van der Waals surface area (Å²) in [6, 6.07) is 27.0. The molecule has 6 nitrogen and oxygen atoms in total. The van der Waals surface area contributed by atoms with Gasteiger partial charge in [-0.05, 0) is 57.6 Å². The molecular weight excluding hydrogens is 559 g/mol. The Balaban J connectivity index is 1.17. The molecule has 0 aromatic heterocycles. The molecule has 2 amide bonds. The predicted molar refractivity (Wildman–Crippen MR) is 157 cm³/mol. The van der Waals surface area contributed by atoms with E-state index in [2.05, 4.69) is 29.4 Å². The number of benzene rings is 4. The van der Waals surface area contributed by atoms with Crippen molar-refractivity contribution in [2.24, 2.45) is 16.9 Å². The summed E-state index contributed by atoms with van der Waals surface area (Å²) in [5.41, 5.74) is 5.97. The highest BCUT2D eigenvalue weighted by Gasteiger charge is 2.61. The molecule has 0 radical (unpaired) electrons. The van der Waals surface area contributed by atoms with E-state index in [4.69, 9.17) is 32.7 Å². The van der Waals surface area contributed by atoms with Crippen molar-refractivity contribution in [3.8, 4) is 11.5 Å². The first-order chi connectivity index (χ1) is 20.0. The molecule has 0 saturated carbocycles. The number of rotatable bonds is 6. The molecule has 1 aliphatic heterocycles. The summed E-state index contributed by atoms with van der Waals surface area (Å²) in [5.74, 6) is -1.11. The number of carbonyl (C=O) groups excluding carboxylic acids is 2. The van der Waals surface area contributed by atoms with Crippen molar-refractivity contribution in [3.05, 3.63) is 128 Å². The molecule has 8 rings (SSSR count). The molecule has 0 unspecified atom stereocenters. The van der Waals surface area contributed by atoms with Crippen LogP contribution in [0.25, 0.3) is 0 Å². The fourth-order valence-electron chi connectivity index (χ4n) is 6.59. The van der Waals surface area contributed by atoms with E-state index in [0.717, 1.165) is 32.8 Å². The van der Waals surface area contributed by atoms with Gasteiger partial charge >= 0.3 is 0 Å². The minimum atomic E-state index is -0.490. The number of hydrazone groups is 1. The van der Waals surface area contributed by atoms with Crippen LogP contribution in [0.1, 0.15) is 45.2 Å². The lowest BCUT2D eigenvalue weighted by Gasteiger charge is -2.45. The van der Waals surface area contributed by atoms with Gasteiger partial charge in [-0.2, -0.15) is 10.1 Å². The molecule has 4 aromatic rings. The number of carbonyl (C=O) groups is 2. The highest BCUT2D eigenvalue weighted by Crippen LogP contribution is 2.61. The highest BCUT2D eigenvalue weighted by molar-refractivity contribution is 6.32. The lowest BCUT2D eigenvalue weighted by Crippen LogP contribution is -2.41. The zero-order valence-corrected chi connectivity index (χ0v) is 23.5. The van der Waals surface area contributed by atoms with Crippen molar-refractivity contribution in [3.63, 3.8) is 0 Å². The number of amides is 2. The quantitative estimate of drug-likeness (QED) is 0.185. The maximum Gasteiger partial charge on any atom is 0.254 e. The maximum absolute atomic E-state index is 13.8. The predicted octanol–water partition coefficient (Wildman–Crippen LogP) is 6.81. The summed E-state index contributed by atoms with van der Waals surface area (Å²) in [6.07, 6.45) is 1.46. The van der Waals surface area contributed by atoms with Gasteiger partial charge in [0.1, 0.15) is 6.61 Å². The Kier molecular flexibility index (Phi) is 6.33. The SMILES string of the molecule is COc1cc(/C=N\N2C(=O)[C@@H]3C4c5ccccc5C(c5ccccc54)[C@@H]3C2=O)cc(Cl)c1OCc1ccc(Cl)cc1. The third kappa shape index (κ3) is 4.13. The fourth-order valence-corrected chi connectivity index (χ4v) is 6.99. The van der Waals surface area contributed by atoms with Crippen LogP contribution in [-0.2, 0) is 16.2 Å². The summed E-state index contributed by atoms with van der Waals surface area (Å²) in [5, 5.41) is 6.39. The largest absolute Gasteiger partial charge is 0.493 e. The Hall–Kier alpha value is -4.13. The van der Waals surface area contributed by atoms with Crippen LogP contribution in [0.5, 0.6) is 11.5 Å². The summed E-state index contributed by atoms with van der Waals surface area (Å²) < 4.78 is 11.5. The Labute approximate surface area is 247 Å². The van der Waals surface area contributed by atoms with Crippen molar-refractivity contribution in [2.75, 3.05) is 7.11 Å². The van der Waals surface area contributed by atoms with Gasteiger partial charge in [0, 0.05) is 16.9 Å². The van der Waals surface area contributed by atoms with Crippen LogP contribution in [0.4, 0.5) is 0 Å². The van der Waals surface area contributed by atoms with Crippen LogP contribution in [0.2, 0.25) is 10.0 Å². The molecule has 0 N–H and O–H groups in total. The second kappa shape index (κ2) is 10.1. The smallest absolute Gasteiger partial charge is 0.254 e. The molecule has 1 fully saturated rings. The second-order valence-corrected chi connectivity index (χ2v) is 11.3. The van der Waals surface area contributed by atoms with Crippen molar-refractivity contribution in [1.29, 1.82) is 0 Å². The number of halogens is 2. The van der Waals surface area contributed by atoms with Crippen molar-refractivity contribution < 1.29 is 19.1 Å². The third-order valence-electron chi connectivity index (χ3n) is 8.30. The molecule has 0 spiro atoms. The summed E-state index contributed by atoms with van der Waals surface area (Å²) in [4.78, 5) is 27.6. The van der Waals surface area contributed by atoms with Gasteiger partial charge in [-0.1, -0.05) is 83.9 Å². The summed E-state index contributed by atoms with van der Waals surface area (Å²) >= 11 is 12.5. The van der Waals surface area contributed by atoms with Gasteiger partial charge < -0.3 is 9.47 Å². The van der Waals surface area contributed by atoms with Crippen LogP contribution in [0.15, 0.2) is 90.0 Å². The van der Waals surface area contributed by atoms with Crippen LogP contribution in [0, 0.1) is 11.8 Å². The van der Waals surface area contributed by atoms with Crippen LogP contribution in [-0.4, -0.2) is 30.1 Å². The number of nitrogens with zero attached hydrogens (tertiary/aromatic N) is 2. The average molecular weight is 583 g/mol. The van der Waals surface area contributed by atoms with Gasteiger partial charge in [-0.3, -0.25) is 9.59 Å². The number of ether oxygens (including phenoxy) is 2. The zero-order chi connectivity index (χ0) is 28.2. The van der Waals surface area contributed by atoms with E-state index in [9.17, 15) is 9.59 Å². The third-order valence-corrected chi connectivity index (χ3v) is 8.83. The number of methoxy groups -OCH3 is 1. The minimum absolute atomic E-state index is 0.180. The number of hydrogen-bond donors (Lipinski definition) is 0. The fraction of sp³-hybridized carbons (Fsp3) is 0.182. The molecule has 204 valence electrons. The number of imide groups is 1. The first-order valence-corrected chi connectivity index (χ1v) is 14.1. The lowest BCUT2D eigenvalue weighted by molar-refractivity contribution is -0.139. The number of hydrogen-bond acceptors (Lipinski definition) is 5. The van der Waals surface area contributed by atoms with Crippen LogP contribution < -0.4 is 9.47 Å². The van der Waals surface area contributed by atoms with Gasteiger partial charge in [0.15, 0.2) is 11.5 Å². The Morgan fingerprint density at radius 1 is 0.805 bits per heavy atom. The van der Waals surface area contributed by atoms with Crippen molar-refractivity contribution in [2.45, 2.75) is 18.4 Å². The van der Waals surface area contributed by atoms with E-state index in [1.54, 1.807) is 24.3 Å². The van der Waals surface area contributed by atoms with Gasteiger partial charge in [0.2, 0.25) is 0 Å². The molecule has 4 aliphatic rings. The topological polar surface area (TPSA) is 68.2 Å². The molecule has 3 aliphatic carbocycles. The Morgan fingerprint density at radius 3 is 1.85 bits per heavy atom. The summed E-state index contributed by atoms with van der Waals surface area (Å²) in [6.45, 7) is 0.271. The standard InChI is InChI=1S/C33H24Cl2N2O4/c1-40-26-15-19(14-25(35)31(26)41-17-18-10-12-20(34)13-11-18)16-36-37-32(38)29-27-21-6-2-3-7-22(21)28(30(29)33(37)39)24-9-5-4-8-23(24)27/h2-16,27-30H,17H2,1H3/b36-16-/t27?,28?,29-,30+. The summed E-state index contributed by atoms with van der Waals surface area (Å²) in [7, 11) is 1.52. The lowest BCUT2D eigenvalue weighted by atomic mass is 9.55. The van der Waals surface area contributed by atoms with Gasteiger partial charge in [-0.25, -0.2) is 0 Å². The van der Waals surface area contributed by atoms with E-state index >= 15 is 0 Å². The monoisotopic (exact) mass is 582 g/mol. The Bertz CT molecular complexity index is 1620.